The average molecular weight is 411 g/mol. The summed E-state index contributed by atoms with van der Waals surface area (Å²) in [7, 11) is 2.77. The van der Waals surface area contributed by atoms with Gasteiger partial charge in [-0.1, -0.05) is 32.9 Å². The van der Waals surface area contributed by atoms with Crippen molar-refractivity contribution in [2.24, 2.45) is 5.41 Å². The molecule has 1 atom stereocenters. The summed E-state index contributed by atoms with van der Waals surface area (Å²) in [6.45, 7) is 5.02. The van der Waals surface area contributed by atoms with Crippen LogP contribution in [0.2, 0.25) is 0 Å². The fraction of sp³-hybridized carbons (Fsp3) is 0.381. The van der Waals surface area contributed by atoms with Gasteiger partial charge in [0.05, 0.1) is 19.8 Å². The minimum Gasteiger partial charge on any atom is -0.493 e. The predicted molar refractivity (Wildman–Crippen MR) is 103 cm³/mol. The molecule has 2 aromatic carbocycles. The van der Waals surface area contributed by atoms with Gasteiger partial charge in [-0.05, 0) is 24.3 Å². The van der Waals surface area contributed by atoms with Crippen LogP contribution in [0.1, 0.15) is 43.6 Å². The SMILES string of the molecule is COc1cccc(C(O)c2cc(C(F)(F)F)ccc2NC(=O)C(C)(C)C)c1OC. The number of methoxy groups -OCH3 is 2. The number of amides is 1. The number of anilines is 1. The van der Waals surface area contributed by atoms with E-state index in [4.69, 9.17) is 9.47 Å². The smallest absolute Gasteiger partial charge is 0.416 e. The number of alkyl halides is 3. The van der Waals surface area contributed by atoms with Gasteiger partial charge < -0.3 is 19.9 Å². The second-order valence-corrected chi connectivity index (χ2v) is 7.49. The Kier molecular flexibility index (Phi) is 6.47. The average Bonchev–Trinajstić information content (AvgIpc) is 2.65. The number of carbonyl (C=O) groups excluding carboxylic acids is 1. The number of halogens is 3. The van der Waals surface area contributed by atoms with Crippen LogP contribution in [0.4, 0.5) is 18.9 Å². The minimum absolute atomic E-state index is 0.0790. The lowest BCUT2D eigenvalue weighted by Crippen LogP contribution is -2.28. The number of benzene rings is 2. The first-order valence-corrected chi connectivity index (χ1v) is 8.81. The van der Waals surface area contributed by atoms with E-state index in [1.165, 1.54) is 20.3 Å². The van der Waals surface area contributed by atoms with Gasteiger partial charge in [0.25, 0.3) is 0 Å². The highest BCUT2D eigenvalue weighted by molar-refractivity contribution is 5.95. The molecule has 29 heavy (non-hydrogen) atoms. The molecule has 2 rings (SSSR count). The monoisotopic (exact) mass is 411 g/mol. The van der Waals surface area contributed by atoms with Crippen LogP contribution in [0, 0.1) is 5.41 Å². The minimum atomic E-state index is -4.61. The summed E-state index contributed by atoms with van der Waals surface area (Å²) < 4.78 is 50.3. The molecule has 0 radical (unpaired) electrons. The molecule has 0 aliphatic carbocycles. The molecule has 0 bridgehead atoms. The van der Waals surface area contributed by atoms with Crippen molar-refractivity contribution in [1.29, 1.82) is 0 Å². The van der Waals surface area contributed by atoms with Crippen molar-refractivity contribution in [1.82, 2.24) is 0 Å². The highest BCUT2D eigenvalue weighted by Gasteiger charge is 2.33. The number of para-hydroxylation sites is 1. The van der Waals surface area contributed by atoms with Crippen LogP contribution in [0.5, 0.6) is 11.5 Å². The molecule has 0 spiro atoms. The Balaban J connectivity index is 2.63. The zero-order chi connectivity index (χ0) is 22.0. The molecule has 0 aliphatic heterocycles. The van der Waals surface area contributed by atoms with Crippen molar-refractivity contribution in [2.45, 2.75) is 33.1 Å². The normalized spacial score (nSPS) is 13.0. The highest BCUT2D eigenvalue weighted by atomic mass is 19.4. The lowest BCUT2D eigenvalue weighted by atomic mass is 9.93. The number of hydrogen-bond acceptors (Lipinski definition) is 4. The van der Waals surface area contributed by atoms with Crippen molar-refractivity contribution >= 4 is 11.6 Å². The Morgan fingerprint density at radius 3 is 2.21 bits per heavy atom. The van der Waals surface area contributed by atoms with Crippen molar-refractivity contribution < 1.29 is 32.5 Å². The number of ether oxygens (including phenoxy) is 2. The van der Waals surface area contributed by atoms with Crippen LogP contribution in [-0.2, 0) is 11.0 Å². The number of rotatable bonds is 5. The lowest BCUT2D eigenvalue weighted by molar-refractivity contribution is -0.137. The van der Waals surface area contributed by atoms with Crippen LogP contribution < -0.4 is 14.8 Å². The molecule has 0 heterocycles. The number of carbonyl (C=O) groups is 1. The number of nitrogens with one attached hydrogen (secondary N) is 1. The molecule has 2 N–H and O–H groups in total. The highest BCUT2D eigenvalue weighted by Crippen LogP contribution is 2.41. The van der Waals surface area contributed by atoms with Crippen molar-refractivity contribution in [3.05, 3.63) is 53.1 Å². The first-order chi connectivity index (χ1) is 13.4. The molecule has 0 aliphatic rings. The quantitative estimate of drug-likeness (QED) is 0.743. The predicted octanol–water partition coefficient (Wildman–Crippen LogP) is 4.79. The number of hydrogen-bond donors (Lipinski definition) is 2. The van der Waals surface area contributed by atoms with E-state index in [2.05, 4.69) is 5.32 Å². The lowest BCUT2D eigenvalue weighted by Gasteiger charge is -2.23. The first kappa shape index (κ1) is 22.5. The van der Waals surface area contributed by atoms with Crippen molar-refractivity contribution in [2.75, 3.05) is 19.5 Å². The van der Waals surface area contributed by atoms with E-state index >= 15 is 0 Å². The summed E-state index contributed by atoms with van der Waals surface area (Å²) in [5.74, 6) is 0.104. The third kappa shape index (κ3) is 5.00. The molecule has 5 nitrogen and oxygen atoms in total. The van der Waals surface area contributed by atoms with Crippen LogP contribution in [0.3, 0.4) is 0 Å². The van der Waals surface area contributed by atoms with Gasteiger partial charge in [0.2, 0.25) is 5.91 Å². The van der Waals surface area contributed by atoms with Gasteiger partial charge in [-0.15, -0.1) is 0 Å². The first-order valence-electron chi connectivity index (χ1n) is 8.81. The Morgan fingerprint density at radius 1 is 1.03 bits per heavy atom. The summed E-state index contributed by atoms with van der Waals surface area (Å²) in [6.07, 6.45) is -6.11. The molecule has 0 aromatic heterocycles. The molecule has 2 aromatic rings. The zero-order valence-electron chi connectivity index (χ0n) is 16.8. The van der Waals surface area contributed by atoms with E-state index in [0.717, 1.165) is 18.2 Å². The van der Waals surface area contributed by atoms with Gasteiger partial charge in [-0.3, -0.25) is 4.79 Å². The van der Waals surface area contributed by atoms with Crippen LogP contribution >= 0.6 is 0 Å². The maximum atomic E-state index is 13.3. The van der Waals surface area contributed by atoms with E-state index in [0.29, 0.717) is 5.75 Å². The Labute approximate surface area is 167 Å². The second kappa shape index (κ2) is 8.32. The third-order valence-electron chi connectivity index (χ3n) is 4.33. The molecule has 8 heteroatoms. The maximum absolute atomic E-state index is 13.3. The Morgan fingerprint density at radius 2 is 1.69 bits per heavy atom. The third-order valence-corrected chi connectivity index (χ3v) is 4.33. The van der Waals surface area contributed by atoms with Gasteiger partial charge in [0, 0.05) is 22.2 Å². The molecule has 0 saturated carbocycles. The van der Waals surface area contributed by atoms with Gasteiger partial charge in [0.15, 0.2) is 11.5 Å². The molecule has 0 fully saturated rings. The number of aliphatic hydroxyl groups is 1. The van der Waals surface area contributed by atoms with Crippen LogP contribution in [0.15, 0.2) is 36.4 Å². The van der Waals surface area contributed by atoms with Crippen molar-refractivity contribution in [3.63, 3.8) is 0 Å². The van der Waals surface area contributed by atoms with Gasteiger partial charge in [-0.2, -0.15) is 13.2 Å². The maximum Gasteiger partial charge on any atom is 0.416 e. The zero-order valence-corrected chi connectivity index (χ0v) is 16.8. The van der Waals surface area contributed by atoms with Crippen molar-refractivity contribution in [3.8, 4) is 11.5 Å². The Bertz CT molecular complexity index is 888. The van der Waals surface area contributed by atoms with Crippen LogP contribution in [-0.4, -0.2) is 25.2 Å². The largest absolute Gasteiger partial charge is 0.493 e. The molecule has 1 unspecified atom stereocenters. The standard InChI is InChI=1S/C21H24F3NO4/c1-20(2,3)19(27)25-15-10-9-12(21(22,23)24)11-14(15)17(26)13-7-6-8-16(28-4)18(13)29-5/h6-11,17,26H,1-5H3,(H,25,27). The molecule has 158 valence electrons. The van der Waals surface area contributed by atoms with E-state index in [1.807, 2.05) is 0 Å². The number of aliphatic hydroxyl groups excluding tert-OH is 1. The molecular formula is C21H24F3NO4. The summed E-state index contributed by atoms with van der Waals surface area (Å²) in [4.78, 5) is 12.4. The summed E-state index contributed by atoms with van der Waals surface area (Å²) in [5, 5.41) is 13.6. The second-order valence-electron chi connectivity index (χ2n) is 7.49. The fourth-order valence-corrected chi connectivity index (χ4v) is 2.68. The molecular weight excluding hydrogens is 387 g/mol. The van der Waals surface area contributed by atoms with E-state index in [-0.39, 0.29) is 22.6 Å². The van der Waals surface area contributed by atoms with E-state index < -0.39 is 29.2 Å². The van der Waals surface area contributed by atoms with Gasteiger partial charge >= 0.3 is 6.18 Å². The topological polar surface area (TPSA) is 67.8 Å². The van der Waals surface area contributed by atoms with E-state index in [1.54, 1.807) is 32.9 Å². The Hall–Kier alpha value is -2.74. The summed E-state index contributed by atoms with van der Waals surface area (Å²) in [6, 6.07) is 7.52. The fourth-order valence-electron chi connectivity index (χ4n) is 2.68. The van der Waals surface area contributed by atoms with Crippen LogP contribution in [0.25, 0.3) is 0 Å². The molecule has 0 saturated heterocycles. The van der Waals surface area contributed by atoms with Gasteiger partial charge in [-0.25, -0.2) is 0 Å². The molecule has 1 amide bonds. The summed E-state index contributed by atoms with van der Waals surface area (Å²) in [5.41, 5.74) is -1.54. The van der Waals surface area contributed by atoms with Gasteiger partial charge in [0.1, 0.15) is 6.10 Å². The summed E-state index contributed by atoms with van der Waals surface area (Å²) >= 11 is 0. The van der Waals surface area contributed by atoms with E-state index in [9.17, 15) is 23.1 Å².